The predicted octanol–water partition coefficient (Wildman–Crippen LogP) is 4.44. The molecule has 0 saturated heterocycles. The minimum Gasteiger partial charge on any atom is -0.358 e. The van der Waals surface area contributed by atoms with Crippen LogP contribution in [0.25, 0.3) is 0 Å². The van der Waals surface area contributed by atoms with Crippen molar-refractivity contribution in [1.82, 2.24) is 10.6 Å². The zero-order valence-electron chi connectivity index (χ0n) is 17.3. The van der Waals surface area contributed by atoms with E-state index in [4.69, 9.17) is 0 Å². The molecule has 2 amide bonds. The Bertz CT molecular complexity index is 341. The van der Waals surface area contributed by atoms with Crippen molar-refractivity contribution in [2.45, 2.75) is 97.6 Å². The van der Waals surface area contributed by atoms with Gasteiger partial charge >= 0.3 is 21.7 Å². The maximum atomic E-state index is 11.9. The molecule has 25 heavy (non-hydrogen) atoms. The van der Waals surface area contributed by atoms with Crippen molar-refractivity contribution >= 4 is 11.8 Å². The van der Waals surface area contributed by atoms with E-state index in [2.05, 4.69) is 24.5 Å². The molecular weight excluding hydrogens is 348 g/mol. The van der Waals surface area contributed by atoms with Gasteiger partial charge in [-0.2, -0.15) is 0 Å². The Morgan fingerprint density at radius 1 is 0.840 bits per heavy atom. The second kappa shape index (κ2) is 14.8. The molecule has 0 aromatic carbocycles. The van der Waals surface area contributed by atoms with Crippen LogP contribution in [0.1, 0.15) is 85.5 Å². The van der Waals surface area contributed by atoms with Crippen molar-refractivity contribution in [2.75, 3.05) is 0 Å². The SMILES string of the molecule is CCCC(=O)NC1CC(NC(=O)CCC)CC(CC)(CC)C1.[CH3-].[CH3-].[Ti+2]. The monoisotopic (exact) mass is 388 g/mol. The van der Waals surface area contributed by atoms with Crippen LogP contribution in [-0.4, -0.2) is 23.9 Å². The molecule has 1 fully saturated rings. The van der Waals surface area contributed by atoms with E-state index in [9.17, 15) is 9.59 Å². The Labute approximate surface area is 171 Å². The van der Waals surface area contributed by atoms with Gasteiger partial charge in [-0.25, -0.2) is 0 Å². The summed E-state index contributed by atoms with van der Waals surface area (Å²) in [5.74, 6) is 0.295. The van der Waals surface area contributed by atoms with E-state index in [0.717, 1.165) is 44.9 Å². The van der Waals surface area contributed by atoms with Gasteiger partial charge in [0, 0.05) is 24.9 Å². The van der Waals surface area contributed by atoms with Gasteiger partial charge in [0.25, 0.3) is 0 Å². The summed E-state index contributed by atoms with van der Waals surface area (Å²) < 4.78 is 0. The van der Waals surface area contributed by atoms with Gasteiger partial charge in [-0.05, 0) is 37.5 Å². The molecule has 2 N–H and O–H groups in total. The second-order valence-corrected chi connectivity index (χ2v) is 6.88. The Kier molecular flexibility index (Phi) is 17.4. The Morgan fingerprint density at radius 3 is 1.48 bits per heavy atom. The van der Waals surface area contributed by atoms with Crippen molar-refractivity contribution in [3.63, 3.8) is 0 Å². The molecule has 1 saturated carbocycles. The molecule has 1 rings (SSSR count). The molecule has 1 aliphatic carbocycles. The smallest absolute Gasteiger partial charge is 0.358 e. The molecule has 0 aliphatic heterocycles. The van der Waals surface area contributed by atoms with Gasteiger partial charge < -0.3 is 25.5 Å². The molecule has 0 aromatic heterocycles. The first-order valence-electron chi connectivity index (χ1n) is 9.07. The van der Waals surface area contributed by atoms with Crippen LogP contribution >= 0.6 is 0 Å². The third-order valence-corrected chi connectivity index (χ3v) is 5.11. The molecule has 2 unspecified atom stereocenters. The van der Waals surface area contributed by atoms with Crippen molar-refractivity contribution in [2.24, 2.45) is 5.41 Å². The van der Waals surface area contributed by atoms with Crippen LogP contribution in [-0.2, 0) is 31.3 Å². The van der Waals surface area contributed by atoms with E-state index in [1.54, 1.807) is 0 Å². The summed E-state index contributed by atoms with van der Waals surface area (Å²) in [5.41, 5.74) is 0.243. The summed E-state index contributed by atoms with van der Waals surface area (Å²) in [6.07, 6.45) is 8.08. The summed E-state index contributed by atoms with van der Waals surface area (Å²) in [6.45, 7) is 8.50. The number of carbonyl (C=O) groups excluding carboxylic acids is 2. The van der Waals surface area contributed by atoms with Crippen LogP contribution in [0.5, 0.6) is 0 Å². The minimum atomic E-state index is 0. The molecule has 0 bridgehead atoms. The van der Waals surface area contributed by atoms with Gasteiger partial charge in [-0.1, -0.05) is 40.5 Å². The number of hydrogen-bond donors (Lipinski definition) is 2. The van der Waals surface area contributed by atoms with Gasteiger partial charge in [0.2, 0.25) is 11.8 Å². The third-order valence-electron chi connectivity index (χ3n) is 5.11. The van der Waals surface area contributed by atoms with Crippen molar-refractivity contribution in [3.05, 3.63) is 14.9 Å². The summed E-state index contributed by atoms with van der Waals surface area (Å²) in [5, 5.41) is 6.38. The first-order valence-corrected chi connectivity index (χ1v) is 9.07. The van der Waals surface area contributed by atoms with E-state index in [1.807, 2.05) is 13.8 Å². The molecule has 146 valence electrons. The Morgan fingerprint density at radius 2 is 1.20 bits per heavy atom. The fourth-order valence-electron chi connectivity index (χ4n) is 3.74. The number of amides is 2. The Balaban J connectivity index is -0.00000161. The topological polar surface area (TPSA) is 58.2 Å². The van der Waals surface area contributed by atoms with Gasteiger partial charge in [-0.3, -0.25) is 9.59 Å². The number of nitrogens with one attached hydrogen (secondary N) is 2. The van der Waals surface area contributed by atoms with Gasteiger partial charge in [0.15, 0.2) is 0 Å². The molecule has 0 radical (unpaired) electrons. The fraction of sp³-hybridized carbons (Fsp3) is 0.800. The molecule has 1 aliphatic rings. The van der Waals surface area contributed by atoms with Crippen LogP contribution in [0.15, 0.2) is 0 Å². The van der Waals surface area contributed by atoms with Crippen molar-refractivity contribution in [1.29, 1.82) is 0 Å². The minimum absolute atomic E-state index is 0. The number of carbonyl (C=O) groups is 2. The normalized spacial score (nSPS) is 21.0. The molecule has 0 spiro atoms. The maximum absolute atomic E-state index is 11.9. The van der Waals surface area contributed by atoms with Gasteiger partial charge in [-0.15, -0.1) is 0 Å². The van der Waals surface area contributed by atoms with Crippen LogP contribution in [0, 0.1) is 20.3 Å². The van der Waals surface area contributed by atoms with Crippen molar-refractivity contribution < 1.29 is 31.3 Å². The fourth-order valence-corrected chi connectivity index (χ4v) is 3.74. The van der Waals surface area contributed by atoms with Crippen molar-refractivity contribution in [3.8, 4) is 0 Å². The first kappa shape index (κ1) is 29.4. The molecule has 4 nitrogen and oxygen atoms in total. The Hall–Kier alpha value is -0.346. The molecule has 5 heteroatoms. The van der Waals surface area contributed by atoms with Crippen LogP contribution in [0.2, 0.25) is 0 Å². The van der Waals surface area contributed by atoms with Crippen LogP contribution in [0.3, 0.4) is 0 Å². The van der Waals surface area contributed by atoms with Crippen LogP contribution < -0.4 is 10.6 Å². The maximum Gasteiger partial charge on any atom is 2.00 e. The molecule has 2 atom stereocenters. The zero-order chi connectivity index (χ0) is 16.6. The predicted molar refractivity (Wildman–Crippen MR) is 103 cm³/mol. The third kappa shape index (κ3) is 9.79. The largest absolute Gasteiger partial charge is 2.00 e. The summed E-state index contributed by atoms with van der Waals surface area (Å²) >= 11 is 0. The zero-order valence-corrected chi connectivity index (χ0v) is 18.9. The summed E-state index contributed by atoms with van der Waals surface area (Å²) in [4.78, 5) is 23.9. The number of rotatable bonds is 8. The molecule has 0 aromatic rings. The number of hydrogen-bond acceptors (Lipinski definition) is 2. The van der Waals surface area contributed by atoms with Crippen LogP contribution in [0.4, 0.5) is 0 Å². The van der Waals surface area contributed by atoms with E-state index in [-0.39, 0.29) is 65.9 Å². The van der Waals surface area contributed by atoms with E-state index in [1.165, 1.54) is 0 Å². The standard InChI is InChI=1S/C18H34N2O2.2CH3.Ti/c1-5-9-16(21)19-14-11-15(20-17(22)10-6-2)13-18(7-3,8-4)12-14;;;/h14-15H,5-13H2,1-4H3,(H,19,21)(H,20,22);2*1H3;/q;2*-1;+2. The van der Waals surface area contributed by atoms with E-state index >= 15 is 0 Å². The van der Waals surface area contributed by atoms with Gasteiger partial charge in [0.05, 0.1) is 0 Å². The average molecular weight is 388 g/mol. The first-order chi connectivity index (χ1) is 10.5. The molecular formula is C20H40N2O2Ti. The van der Waals surface area contributed by atoms with E-state index < -0.39 is 0 Å². The van der Waals surface area contributed by atoms with Gasteiger partial charge in [0.1, 0.15) is 0 Å². The average Bonchev–Trinajstić information content (AvgIpc) is 2.47. The summed E-state index contributed by atoms with van der Waals surface area (Å²) in [7, 11) is 0. The van der Waals surface area contributed by atoms with E-state index in [0.29, 0.717) is 12.8 Å². The quantitative estimate of drug-likeness (QED) is 0.477. The second-order valence-electron chi connectivity index (χ2n) is 6.88. The molecule has 0 heterocycles. The summed E-state index contributed by atoms with van der Waals surface area (Å²) in [6, 6.07) is 0.388.